The minimum absolute atomic E-state index is 0.139. The predicted molar refractivity (Wildman–Crippen MR) is 46.6 cm³/mol. The zero-order valence-corrected chi connectivity index (χ0v) is 7.03. The van der Waals surface area contributed by atoms with Gasteiger partial charge >= 0.3 is 5.97 Å². The lowest BCUT2D eigenvalue weighted by atomic mass is 10.3. The van der Waals surface area contributed by atoms with Gasteiger partial charge < -0.3 is 9.84 Å². The third-order valence-electron chi connectivity index (χ3n) is 1.17. The van der Waals surface area contributed by atoms with E-state index in [0.29, 0.717) is 19.4 Å². The summed E-state index contributed by atoms with van der Waals surface area (Å²) in [5.74, 6) is -0.368. The minimum Gasteiger partial charge on any atom is -0.463 e. The van der Waals surface area contributed by atoms with Gasteiger partial charge in [0.2, 0.25) is 0 Å². The van der Waals surface area contributed by atoms with Crippen LogP contribution in [0.2, 0.25) is 0 Å². The molecule has 0 spiro atoms. The van der Waals surface area contributed by atoms with Crippen molar-refractivity contribution < 1.29 is 14.6 Å². The summed E-state index contributed by atoms with van der Waals surface area (Å²) in [7, 11) is 0. The molecule has 3 heteroatoms. The topological polar surface area (TPSA) is 46.5 Å². The molecule has 0 bridgehead atoms. The second-order valence-electron chi connectivity index (χ2n) is 2.19. The summed E-state index contributed by atoms with van der Waals surface area (Å²) in [5, 5.41) is 8.41. The summed E-state index contributed by atoms with van der Waals surface area (Å²) in [6.45, 7) is 3.92. The van der Waals surface area contributed by atoms with Crippen molar-refractivity contribution in [2.24, 2.45) is 0 Å². The summed E-state index contributed by atoms with van der Waals surface area (Å²) >= 11 is 0. The molecular weight excluding hydrogens is 156 g/mol. The molecule has 0 aromatic rings. The first-order valence-corrected chi connectivity index (χ1v) is 3.88. The Morgan fingerprint density at radius 3 is 2.83 bits per heavy atom. The van der Waals surface area contributed by atoms with Crippen LogP contribution in [0, 0.1) is 0 Å². The molecule has 0 saturated carbocycles. The second kappa shape index (κ2) is 8.01. The van der Waals surface area contributed by atoms with E-state index in [0.717, 1.165) is 0 Å². The molecule has 0 saturated heterocycles. The molecule has 0 amide bonds. The van der Waals surface area contributed by atoms with Crippen LogP contribution in [0.5, 0.6) is 0 Å². The third-order valence-corrected chi connectivity index (χ3v) is 1.17. The molecule has 0 aliphatic carbocycles. The fourth-order valence-electron chi connectivity index (χ4n) is 0.581. The summed E-state index contributed by atoms with van der Waals surface area (Å²) in [5.41, 5.74) is 0. The van der Waals surface area contributed by atoms with Crippen molar-refractivity contribution in [3.05, 3.63) is 24.8 Å². The number of rotatable bonds is 6. The lowest BCUT2D eigenvalue weighted by Gasteiger charge is -1.99. The average molecular weight is 170 g/mol. The van der Waals surface area contributed by atoms with Crippen LogP contribution in [0.15, 0.2) is 24.8 Å². The SMILES string of the molecule is C=CC=CC(=O)OCCCCO. The molecule has 0 fully saturated rings. The van der Waals surface area contributed by atoms with Crippen LogP contribution in [0.3, 0.4) is 0 Å². The number of hydrogen-bond donors (Lipinski definition) is 1. The van der Waals surface area contributed by atoms with Crippen molar-refractivity contribution in [1.82, 2.24) is 0 Å². The minimum atomic E-state index is -0.368. The van der Waals surface area contributed by atoms with Crippen molar-refractivity contribution in [3.8, 4) is 0 Å². The van der Waals surface area contributed by atoms with E-state index in [1.54, 1.807) is 0 Å². The fraction of sp³-hybridized carbons (Fsp3) is 0.444. The quantitative estimate of drug-likeness (QED) is 0.280. The van der Waals surface area contributed by atoms with Gasteiger partial charge in [-0.2, -0.15) is 0 Å². The summed E-state index contributed by atoms with van der Waals surface area (Å²) in [6, 6.07) is 0. The first kappa shape index (κ1) is 10.9. The van der Waals surface area contributed by atoms with E-state index in [1.807, 2.05) is 0 Å². The van der Waals surface area contributed by atoms with Crippen molar-refractivity contribution in [2.75, 3.05) is 13.2 Å². The van der Waals surface area contributed by atoms with Gasteiger partial charge in [0.1, 0.15) is 0 Å². The van der Waals surface area contributed by atoms with Gasteiger partial charge in [0.15, 0.2) is 0 Å². The average Bonchev–Trinajstić information content (AvgIpc) is 2.09. The number of allylic oxidation sites excluding steroid dienone is 2. The van der Waals surface area contributed by atoms with Gasteiger partial charge in [0, 0.05) is 12.7 Å². The van der Waals surface area contributed by atoms with E-state index in [-0.39, 0.29) is 12.6 Å². The Bertz CT molecular complexity index is 161. The number of esters is 1. The Labute approximate surface area is 72.3 Å². The highest BCUT2D eigenvalue weighted by atomic mass is 16.5. The highest BCUT2D eigenvalue weighted by molar-refractivity contribution is 5.82. The molecule has 0 radical (unpaired) electrons. The van der Waals surface area contributed by atoms with Crippen molar-refractivity contribution >= 4 is 5.97 Å². The highest BCUT2D eigenvalue weighted by Gasteiger charge is 1.94. The van der Waals surface area contributed by atoms with Gasteiger partial charge in [0.25, 0.3) is 0 Å². The Morgan fingerprint density at radius 1 is 1.50 bits per heavy atom. The van der Waals surface area contributed by atoms with Gasteiger partial charge in [0.05, 0.1) is 6.61 Å². The number of ether oxygens (including phenoxy) is 1. The lowest BCUT2D eigenvalue weighted by Crippen LogP contribution is -2.02. The number of unbranched alkanes of at least 4 members (excludes halogenated alkanes) is 1. The second-order valence-corrected chi connectivity index (χ2v) is 2.19. The largest absolute Gasteiger partial charge is 0.463 e. The van der Waals surface area contributed by atoms with Crippen LogP contribution in [0.4, 0.5) is 0 Å². The molecular formula is C9H14O3. The number of hydrogen-bond acceptors (Lipinski definition) is 3. The van der Waals surface area contributed by atoms with E-state index in [1.165, 1.54) is 18.2 Å². The van der Waals surface area contributed by atoms with E-state index in [2.05, 4.69) is 6.58 Å². The maximum atomic E-state index is 10.7. The van der Waals surface area contributed by atoms with Gasteiger partial charge in [-0.3, -0.25) is 0 Å². The van der Waals surface area contributed by atoms with E-state index >= 15 is 0 Å². The van der Waals surface area contributed by atoms with Gasteiger partial charge in [-0.25, -0.2) is 4.79 Å². The van der Waals surface area contributed by atoms with Crippen LogP contribution in [0.25, 0.3) is 0 Å². The normalized spacial score (nSPS) is 10.1. The molecule has 0 aliphatic heterocycles. The zero-order valence-electron chi connectivity index (χ0n) is 7.03. The number of aliphatic hydroxyl groups is 1. The maximum absolute atomic E-state index is 10.7. The van der Waals surface area contributed by atoms with E-state index < -0.39 is 0 Å². The first-order chi connectivity index (χ1) is 5.81. The highest BCUT2D eigenvalue weighted by Crippen LogP contribution is 1.90. The van der Waals surface area contributed by atoms with E-state index in [4.69, 9.17) is 9.84 Å². The molecule has 0 aromatic carbocycles. The zero-order chi connectivity index (χ0) is 9.23. The standard InChI is InChI=1S/C9H14O3/c1-2-3-6-9(11)12-8-5-4-7-10/h2-3,6,10H,1,4-5,7-8H2. The Morgan fingerprint density at radius 2 is 2.25 bits per heavy atom. The molecule has 3 nitrogen and oxygen atoms in total. The molecule has 1 N–H and O–H groups in total. The summed E-state index contributed by atoms with van der Waals surface area (Å²) in [6.07, 6.45) is 5.71. The van der Waals surface area contributed by atoms with Crippen LogP contribution in [-0.2, 0) is 9.53 Å². The van der Waals surface area contributed by atoms with E-state index in [9.17, 15) is 4.79 Å². The Balaban J connectivity index is 3.31. The number of carbonyl (C=O) groups excluding carboxylic acids is 1. The van der Waals surface area contributed by atoms with Gasteiger partial charge in [-0.1, -0.05) is 18.7 Å². The molecule has 0 unspecified atom stereocenters. The first-order valence-electron chi connectivity index (χ1n) is 3.88. The number of carbonyl (C=O) groups is 1. The van der Waals surface area contributed by atoms with Crippen molar-refractivity contribution in [2.45, 2.75) is 12.8 Å². The molecule has 0 aromatic heterocycles. The Hall–Kier alpha value is -1.09. The van der Waals surface area contributed by atoms with Gasteiger partial charge in [-0.15, -0.1) is 0 Å². The molecule has 0 heterocycles. The Kier molecular flexibility index (Phi) is 7.28. The molecule has 12 heavy (non-hydrogen) atoms. The lowest BCUT2D eigenvalue weighted by molar-refractivity contribution is -0.137. The molecule has 68 valence electrons. The molecule has 0 atom stereocenters. The predicted octanol–water partition coefficient (Wildman–Crippen LogP) is 1.04. The summed E-state index contributed by atoms with van der Waals surface area (Å²) in [4.78, 5) is 10.7. The third kappa shape index (κ3) is 7.02. The van der Waals surface area contributed by atoms with Gasteiger partial charge in [-0.05, 0) is 12.8 Å². The monoisotopic (exact) mass is 170 g/mol. The molecule has 0 aliphatic rings. The summed E-state index contributed by atoms with van der Waals surface area (Å²) < 4.78 is 4.76. The number of aliphatic hydroxyl groups excluding tert-OH is 1. The van der Waals surface area contributed by atoms with Crippen LogP contribution >= 0.6 is 0 Å². The smallest absolute Gasteiger partial charge is 0.330 e. The van der Waals surface area contributed by atoms with Crippen molar-refractivity contribution in [3.63, 3.8) is 0 Å². The molecule has 0 rings (SSSR count). The maximum Gasteiger partial charge on any atom is 0.330 e. The van der Waals surface area contributed by atoms with Crippen LogP contribution in [0.1, 0.15) is 12.8 Å². The van der Waals surface area contributed by atoms with Crippen molar-refractivity contribution in [1.29, 1.82) is 0 Å². The van der Waals surface area contributed by atoms with Crippen LogP contribution < -0.4 is 0 Å². The van der Waals surface area contributed by atoms with Crippen LogP contribution in [-0.4, -0.2) is 24.3 Å². The fourth-order valence-corrected chi connectivity index (χ4v) is 0.581.